The summed E-state index contributed by atoms with van der Waals surface area (Å²) in [4.78, 5) is 73.0. The Morgan fingerprint density at radius 1 is 0.733 bits per heavy atom. The fourth-order valence-electron chi connectivity index (χ4n) is 4.09. The number of ether oxygens (including phenoxy) is 5. The number of nitrogens with one attached hydrogen (secondary N) is 3. The first-order valence-corrected chi connectivity index (χ1v) is 13.6. The SMILES string of the molecule is C=CC(=O)OCC(C)(COC(=O)C=C)NC(=O)NC1c2ccccc2CC1OC(=O)NC(C)(COC(=O)C=C)COC(=O)C=C. The number of amides is 3. The number of esters is 4. The lowest BCUT2D eigenvalue weighted by Gasteiger charge is -2.32. The van der Waals surface area contributed by atoms with E-state index in [0.717, 1.165) is 29.9 Å². The van der Waals surface area contributed by atoms with Crippen LogP contribution >= 0.6 is 0 Å². The Kier molecular flexibility index (Phi) is 13.1. The van der Waals surface area contributed by atoms with Crippen LogP contribution < -0.4 is 16.0 Å². The molecule has 0 saturated carbocycles. The van der Waals surface area contributed by atoms with Gasteiger partial charge in [0.25, 0.3) is 0 Å². The third kappa shape index (κ3) is 11.3. The van der Waals surface area contributed by atoms with Gasteiger partial charge in [0.1, 0.15) is 43.6 Å². The summed E-state index contributed by atoms with van der Waals surface area (Å²) in [5.74, 6) is -3.04. The third-order valence-electron chi connectivity index (χ3n) is 6.35. The van der Waals surface area contributed by atoms with Gasteiger partial charge in [0.15, 0.2) is 0 Å². The van der Waals surface area contributed by atoms with Crippen LogP contribution in [0.1, 0.15) is 31.0 Å². The van der Waals surface area contributed by atoms with Crippen LogP contribution in [-0.2, 0) is 49.3 Å². The van der Waals surface area contributed by atoms with Crippen molar-refractivity contribution in [3.8, 4) is 0 Å². The van der Waals surface area contributed by atoms with Gasteiger partial charge in [0, 0.05) is 30.7 Å². The summed E-state index contributed by atoms with van der Waals surface area (Å²) < 4.78 is 26.0. The van der Waals surface area contributed by atoms with Gasteiger partial charge >= 0.3 is 36.0 Å². The molecule has 0 heterocycles. The molecule has 1 aromatic rings. The molecule has 0 fully saturated rings. The first-order valence-electron chi connectivity index (χ1n) is 13.6. The summed E-state index contributed by atoms with van der Waals surface area (Å²) in [5.41, 5.74) is -1.31. The van der Waals surface area contributed by atoms with E-state index in [1.165, 1.54) is 13.8 Å². The Morgan fingerprint density at radius 3 is 1.60 bits per heavy atom. The Bertz CT molecular complexity index is 1290. The summed E-state index contributed by atoms with van der Waals surface area (Å²) in [7, 11) is 0. The molecule has 0 spiro atoms. The van der Waals surface area contributed by atoms with Crippen LogP contribution in [0.25, 0.3) is 0 Å². The maximum absolute atomic E-state index is 13.3. The van der Waals surface area contributed by atoms with Crippen molar-refractivity contribution < 1.29 is 52.5 Å². The van der Waals surface area contributed by atoms with Crippen molar-refractivity contribution in [1.29, 1.82) is 0 Å². The molecule has 2 atom stereocenters. The molecule has 14 heteroatoms. The van der Waals surface area contributed by atoms with E-state index in [1.807, 2.05) is 6.07 Å². The number of hydrogen-bond donors (Lipinski definition) is 3. The molecule has 0 saturated heterocycles. The van der Waals surface area contributed by atoms with Crippen LogP contribution in [-0.4, -0.2) is 79.6 Å². The average Bonchev–Trinajstić information content (AvgIpc) is 3.35. The first-order chi connectivity index (χ1) is 21.3. The molecule has 0 aromatic heterocycles. The fraction of sp³-hybridized carbons (Fsp3) is 0.355. The molecular weight excluding hydrogens is 590 g/mol. The van der Waals surface area contributed by atoms with Crippen LogP contribution in [0.4, 0.5) is 9.59 Å². The van der Waals surface area contributed by atoms with E-state index in [-0.39, 0.29) is 19.6 Å². The zero-order valence-corrected chi connectivity index (χ0v) is 25.1. The molecule has 2 rings (SSSR count). The van der Waals surface area contributed by atoms with Gasteiger partial charge in [0.2, 0.25) is 0 Å². The molecule has 14 nitrogen and oxygen atoms in total. The maximum atomic E-state index is 13.3. The van der Waals surface area contributed by atoms with Gasteiger partial charge in [-0.25, -0.2) is 28.8 Å². The van der Waals surface area contributed by atoms with E-state index < -0.39 is 72.4 Å². The zero-order valence-electron chi connectivity index (χ0n) is 25.1. The van der Waals surface area contributed by atoms with Gasteiger partial charge in [-0.2, -0.15) is 0 Å². The van der Waals surface area contributed by atoms with Gasteiger partial charge in [-0.3, -0.25) is 0 Å². The number of benzene rings is 1. The standard InChI is InChI=1S/C31H37N3O11/c1-7-23(35)41-16-30(5,17-42-24(36)8-2)33-28(39)32-27-21-14-12-11-13-20(21)15-22(27)45-29(40)34-31(6,18-43-25(37)9-3)19-44-26(38)10-4/h7-14,22,27H,1-4,15-19H2,5-6H3,(H,34,40)(H2,32,33,39). The molecule has 0 radical (unpaired) electrons. The Morgan fingerprint density at radius 2 is 1.16 bits per heavy atom. The molecule has 45 heavy (non-hydrogen) atoms. The van der Waals surface area contributed by atoms with Gasteiger partial charge < -0.3 is 39.6 Å². The summed E-state index contributed by atoms with van der Waals surface area (Å²) in [6.07, 6.45) is 2.12. The Hall–Kier alpha value is -5.40. The molecule has 2 unspecified atom stereocenters. The number of rotatable bonds is 16. The molecule has 1 aliphatic rings. The van der Waals surface area contributed by atoms with Crippen molar-refractivity contribution in [1.82, 2.24) is 16.0 Å². The second kappa shape index (κ2) is 16.4. The summed E-state index contributed by atoms with van der Waals surface area (Å²) >= 11 is 0. The molecule has 0 bridgehead atoms. The number of fused-ring (bicyclic) bond motifs is 1. The monoisotopic (exact) mass is 627 g/mol. The highest BCUT2D eigenvalue weighted by Crippen LogP contribution is 2.33. The smallest absolute Gasteiger partial charge is 0.408 e. The zero-order chi connectivity index (χ0) is 33.6. The second-order valence-corrected chi connectivity index (χ2v) is 10.4. The highest BCUT2D eigenvalue weighted by molar-refractivity contribution is 5.83. The van der Waals surface area contributed by atoms with Crippen LogP contribution in [0.15, 0.2) is 74.9 Å². The quantitative estimate of drug-likeness (QED) is 0.139. The summed E-state index contributed by atoms with van der Waals surface area (Å²) in [6.45, 7) is 14.7. The normalized spacial score (nSPS) is 15.2. The lowest BCUT2D eigenvalue weighted by molar-refractivity contribution is -0.146. The van der Waals surface area contributed by atoms with Crippen molar-refractivity contribution in [3.05, 3.63) is 86.0 Å². The predicted molar refractivity (Wildman–Crippen MR) is 159 cm³/mol. The number of urea groups is 1. The Labute approximate surface area is 260 Å². The topological polar surface area (TPSA) is 185 Å². The van der Waals surface area contributed by atoms with E-state index in [2.05, 4.69) is 42.3 Å². The maximum Gasteiger partial charge on any atom is 0.408 e. The third-order valence-corrected chi connectivity index (χ3v) is 6.35. The van der Waals surface area contributed by atoms with Crippen LogP contribution in [0.3, 0.4) is 0 Å². The van der Waals surface area contributed by atoms with Crippen molar-refractivity contribution in [2.24, 2.45) is 0 Å². The molecular formula is C31H37N3O11. The molecule has 3 N–H and O–H groups in total. The van der Waals surface area contributed by atoms with Gasteiger partial charge in [-0.1, -0.05) is 50.6 Å². The average molecular weight is 628 g/mol. The van der Waals surface area contributed by atoms with Crippen molar-refractivity contribution in [2.75, 3.05) is 26.4 Å². The van der Waals surface area contributed by atoms with E-state index in [1.54, 1.807) is 18.2 Å². The van der Waals surface area contributed by atoms with Gasteiger partial charge in [-0.05, 0) is 25.0 Å². The molecule has 1 aromatic carbocycles. The lowest BCUT2D eigenvalue weighted by atomic mass is 10.1. The molecule has 242 valence electrons. The van der Waals surface area contributed by atoms with E-state index >= 15 is 0 Å². The number of hydrogen-bond acceptors (Lipinski definition) is 11. The number of alkyl carbamates (subject to hydrolysis) is 1. The highest BCUT2D eigenvalue weighted by Gasteiger charge is 2.39. The number of carbonyl (C=O) groups excluding carboxylic acids is 6. The minimum atomic E-state index is -1.41. The van der Waals surface area contributed by atoms with Crippen LogP contribution in [0.5, 0.6) is 0 Å². The summed E-state index contributed by atoms with van der Waals surface area (Å²) in [6, 6.07) is 5.51. The van der Waals surface area contributed by atoms with Gasteiger partial charge in [-0.15, -0.1) is 0 Å². The van der Waals surface area contributed by atoms with Crippen LogP contribution in [0.2, 0.25) is 0 Å². The van der Waals surface area contributed by atoms with Gasteiger partial charge in [0.05, 0.1) is 6.04 Å². The summed E-state index contributed by atoms with van der Waals surface area (Å²) in [5, 5.41) is 7.97. The number of carbonyl (C=O) groups is 6. The largest absolute Gasteiger partial charge is 0.460 e. The van der Waals surface area contributed by atoms with Crippen molar-refractivity contribution in [3.63, 3.8) is 0 Å². The van der Waals surface area contributed by atoms with Crippen molar-refractivity contribution in [2.45, 2.75) is 43.5 Å². The van der Waals surface area contributed by atoms with E-state index in [4.69, 9.17) is 23.7 Å². The minimum Gasteiger partial charge on any atom is -0.460 e. The fourth-order valence-corrected chi connectivity index (χ4v) is 4.09. The first kappa shape index (κ1) is 35.8. The minimum absolute atomic E-state index is 0.229. The Balaban J connectivity index is 2.22. The van der Waals surface area contributed by atoms with E-state index in [0.29, 0.717) is 5.56 Å². The second-order valence-electron chi connectivity index (χ2n) is 10.4. The molecule has 0 aliphatic heterocycles. The molecule has 3 amide bonds. The highest BCUT2D eigenvalue weighted by atomic mass is 16.6. The van der Waals surface area contributed by atoms with Crippen LogP contribution in [0, 0.1) is 0 Å². The molecule has 1 aliphatic carbocycles. The predicted octanol–water partition coefficient (Wildman–Crippen LogP) is 2.11. The van der Waals surface area contributed by atoms with E-state index in [9.17, 15) is 28.8 Å². The lowest BCUT2D eigenvalue weighted by Crippen LogP contribution is -2.57. The van der Waals surface area contributed by atoms with Crippen molar-refractivity contribution >= 4 is 36.0 Å².